The summed E-state index contributed by atoms with van der Waals surface area (Å²) in [4.78, 5) is 0.537. The first-order valence-electron chi connectivity index (χ1n) is 5.50. The van der Waals surface area contributed by atoms with E-state index in [9.17, 15) is 13.2 Å². The van der Waals surface area contributed by atoms with Gasteiger partial charge in [0.2, 0.25) is 0 Å². The number of aromatic nitrogens is 2. The van der Waals surface area contributed by atoms with Gasteiger partial charge in [-0.3, -0.25) is 0 Å². The molecule has 1 heterocycles. The fourth-order valence-electron chi connectivity index (χ4n) is 1.72. The maximum atomic E-state index is 12.7. The summed E-state index contributed by atoms with van der Waals surface area (Å²) in [6.07, 6.45) is -2.82. The van der Waals surface area contributed by atoms with Crippen LogP contribution in [0, 0.1) is 11.3 Å². The van der Waals surface area contributed by atoms with E-state index in [1.165, 1.54) is 16.4 Å². The van der Waals surface area contributed by atoms with E-state index in [1.807, 2.05) is 6.07 Å². The zero-order valence-electron chi connectivity index (χ0n) is 10.7. The fourth-order valence-corrected chi connectivity index (χ4v) is 3.83. The molecule has 0 N–H and O–H groups in total. The van der Waals surface area contributed by atoms with Gasteiger partial charge < -0.3 is 0 Å². The standard InChI is InChI=1S/C12H5BrCl2F3N3S/c1-22-10-8(4-19)20-21(11(10)13)9-6(14)2-5(3-7(9)15)12(16,17)18/h2-3H,1H3. The van der Waals surface area contributed by atoms with Crippen LogP contribution in [-0.2, 0) is 6.18 Å². The summed E-state index contributed by atoms with van der Waals surface area (Å²) in [5.41, 5.74) is -0.772. The highest BCUT2D eigenvalue weighted by Crippen LogP contribution is 2.40. The van der Waals surface area contributed by atoms with Crippen molar-refractivity contribution in [3.05, 3.63) is 38.0 Å². The van der Waals surface area contributed by atoms with Gasteiger partial charge in [0.15, 0.2) is 5.69 Å². The molecule has 0 spiro atoms. The van der Waals surface area contributed by atoms with Gasteiger partial charge in [0.05, 0.1) is 20.5 Å². The van der Waals surface area contributed by atoms with E-state index in [0.717, 1.165) is 12.1 Å². The lowest BCUT2D eigenvalue weighted by atomic mass is 10.2. The van der Waals surface area contributed by atoms with Gasteiger partial charge in [0.25, 0.3) is 0 Å². The number of nitrogens with zero attached hydrogens (tertiary/aromatic N) is 3. The van der Waals surface area contributed by atoms with Crippen molar-refractivity contribution in [3.63, 3.8) is 0 Å². The molecule has 0 radical (unpaired) electrons. The van der Waals surface area contributed by atoms with E-state index in [4.69, 9.17) is 28.5 Å². The molecule has 2 rings (SSSR count). The van der Waals surface area contributed by atoms with Crippen molar-refractivity contribution in [2.75, 3.05) is 6.26 Å². The van der Waals surface area contributed by atoms with Gasteiger partial charge in [-0.25, -0.2) is 4.68 Å². The molecule has 0 saturated heterocycles. The van der Waals surface area contributed by atoms with E-state index in [0.29, 0.717) is 9.50 Å². The van der Waals surface area contributed by atoms with Crippen molar-refractivity contribution in [2.45, 2.75) is 11.1 Å². The Morgan fingerprint density at radius 2 is 1.86 bits per heavy atom. The molecule has 1 aromatic heterocycles. The zero-order valence-corrected chi connectivity index (χ0v) is 14.6. The highest BCUT2D eigenvalue weighted by Gasteiger charge is 2.32. The van der Waals surface area contributed by atoms with Crippen molar-refractivity contribution in [1.29, 1.82) is 5.26 Å². The van der Waals surface area contributed by atoms with Crippen LogP contribution in [0.15, 0.2) is 21.6 Å². The second-order valence-electron chi connectivity index (χ2n) is 3.98. The average Bonchev–Trinajstić information content (AvgIpc) is 2.73. The molecule has 0 aliphatic heterocycles. The van der Waals surface area contributed by atoms with E-state index in [1.54, 1.807) is 6.26 Å². The normalized spacial score (nSPS) is 11.5. The summed E-state index contributed by atoms with van der Waals surface area (Å²) in [6, 6.07) is 3.43. The average molecular weight is 431 g/mol. The maximum absolute atomic E-state index is 12.7. The Bertz CT molecular complexity index is 760. The Morgan fingerprint density at radius 3 is 2.23 bits per heavy atom. The third-order valence-corrected chi connectivity index (χ3v) is 5.02. The second kappa shape index (κ2) is 6.32. The maximum Gasteiger partial charge on any atom is 0.416 e. The lowest BCUT2D eigenvalue weighted by Gasteiger charge is -2.13. The number of nitriles is 1. The monoisotopic (exact) mass is 429 g/mol. The zero-order chi connectivity index (χ0) is 16.7. The highest BCUT2D eigenvalue weighted by atomic mass is 79.9. The van der Waals surface area contributed by atoms with Crippen LogP contribution >= 0.6 is 50.9 Å². The highest BCUT2D eigenvalue weighted by molar-refractivity contribution is 9.10. The first-order chi connectivity index (χ1) is 10.2. The minimum atomic E-state index is -4.56. The lowest BCUT2D eigenvalue weighted by molar-refractivity contribution is -0.137. The van der Waals surface area contributed by atoms with Crippen LogP contribution in [0.2, 0.25) is 10.0 Å². The quantitative estimate of drug-likeness (QED) is 0.586. The van der Waals surface area contributed by atoms with Crippen LogP contribution < -0.4 is 0 Å². The minimum absolute atomic E-state index is 0.0695. The summed E-state index contributed by atoms with van der Waals surface area (Å²) in [7, 11) is 0. The van der Waals surface area contributed by atoms with E-state index in [-0.39, 0.29) is 21.4 Å². The van der Waals surface area contributed by atoms with Crippen LogP contribution in [0.3, 0.4) is 0 Å². The molecule has 0 bridgehead atoms. The van der Waals surface area contributed by atoms with Crippen molar-refractivity contribution in [2.24, 2.45) is 0 Å². The third kappa shape index (κ3) is 3.08. The third-order valence-electron chi connectivity index (χ3n) is 2.65. The molecule has 10 heteroatoms. The summed E-state index contributed by atoms with van der Waals surface area (Å²) in [5, 5.41) is 12.6. The number of hydrogen-bond donors (Lipinski definition) is 0. The Labute approximate surface area is 146 Å². The predicted molar refractivity (Wildman–Crippen MR) is 82.8 cm³/mol. The first-order valence-corrected chi connectivity index (χ1v) is 8.27. The molecule has 0 amide bonds. The molecule has 0 aliphatic carbocycles. The molecule has 3 nitrogen and oxygen atoms in total. The molecule has 22 heavy (non-hydrogen) atoms. The van der Waals surface area contributed by atoms with Gasteiger partial charge in [0.1, 0.15) is 16.4 Å². The number of thioether (sulfide) groups is 1. The largest absolute Gasteiger partial charge is 0.416 e. The second-order valence-corrected chi connectivity index (χ2v) is 6.36. The van der Waals surface area contributed by atoms with Gasteiger partial charge in [-0.1, -0.05) is 23.2 Å². The number of benzene rings is 1. The SMILES string of the molecule is CSc1c(C#N)nn(-c2c(Cl)cc(C(F)(F)F)cc2Cl)c1Br. The summed E-state index contributed by atoms with van der Waals surface area (Å²) < 4.78 is 39.8. The molecule has 0 unspecified atom stereocenters. The van der Waals surface area contributed by atoms with Gasteiger partial charge in [0, 0.05) is 0 Å². The predicted octanol–water partition coefficient (Wildman–Crippen LogP) is 5.55. The molecule has 1 aromatic carbocycles. The summed E-state index contributed by atoms with van der Waals surface area (Å²) in [5.74, 6) is 0. The molecule has 0 saturated carbocycles. The molecule has 0 fully saturated rings. The smallest absolute Gasteiger partial charge is 0.221 e. The number of alkyl halides is 3. The van der Waals surface area contributed by atoms with Gasteiger partial charge in [-0.05, 0) is 34.3 Å². The van der Waals surface area contributed by atoms with Crippen molar-refractivity contribution in [3.8, 4) is 11.8 Å². The number of rotatable bonds is 2. The Balaban J connectivity index is 2.70. The van der Waals surface area contributed by atoms with Crippen LogP contribution in [0.25, 0.3) is 5.69 Å². The van der Waals surface area contributed by atoms with Gasteiger partial charge in [-0.15, -0.1) is 11.8 Å². The van der Waals surface area contributed by atoms with Crippen LogP contribution in [0.1, 0.15) is 11.3 Å². The summed E-state index contributed by atoms with van der Waals surface area (Å²) in [6.45, 7) is 0. The topological polar surface area (TPSA) is 41.6 Å². The van der Waals surface area contributed by atoms with E-state index in [2.05, 4.69) is 21.0 Å². The Morgan fingerprint density at radius 1 is 1.32 bits per heavy atom. The Hall–Kier alpha value is -0.880. The lowest BCUT2D eigenvalue weighted by Crippen LogP contribution is -2.07. The van der Waals surface area contributed by atoms with Gasteiger partial charge in [-0.2, -0.15) is 23.5 Å². The summed E-state index contributed by atoms with van der Waals surface area (Å²) >= 11 is 16.4. The van der Waals surface area contributed by atoms with Crippen molar-refractivity contribution >= 4 is 50.9 Å². The Kier molecular flexibility index (Phi) is 5.02. The minimum Gasteiger partial charge on any atom is -0.221 e. The number of hydrogen-bond acceptors (Lipinski definition) is 3. The van der Waals surface area contributed by atoms with Gasteiger partial charge >= 0.3 is 6.18 Å². The van der Waals surface area contributed by atoms with Crippen molar-refractivity contribution in [1.82, 2.24) is 9.78 Å². The van der Waals surface area contributed by atoms with E-state index < -0.39 is 11.7 Å². The van der Waals surface area contributed by atoms with E-state index >= 15 is 0 Å². The molecule has 116 valence electrons. The molecule has 2 aromatic rings. The van der Waals surface area contributed by atoms with Crippen LogP contribution in [0.4, 0.5) is 13.2 Å². The number of halogens is 6. The molecular weight excluding hydrogens is 426 g/mol. The first kappa shape index (κ1) is 17.5. The molecular formula is C12H5BrCl2F3N3S. The fraction of sp³-hybridized carbons (Fsp3) is 0.167. The van der Waals surface area contributed by atoms with Crippen LogP contribution in [0.5, 0.6) is 0 Å². The molecule has 0 aliphatic rings. The van der Waals surface area contributed by atoms with Crippen LogP contribution in [-0.4, -0.2) is 16.0 Å². The molecule has 0 atom stereocenters. The van der Waals surface area contributed by atoms with Crippen molar-refractivity contribution < 1.29 is 13.2 Å².